The van der Waals surface area contributed by atoms with E-state index in [0.29, 0.717) is 12.0 Å². The molecule has 0 aliphatic rings. The van der Waals surface area contributed by atoms with Gasteiger partial charge in [-0.1, -0.05) is 0 Å². The molecule has 0 spiro atoms. The normalized spacial score (nSPS) is 11.4. The molecule has 0 unspecified atom stereocenters. The molecule has 2 aromatic heterocycles. The van der Waals surface area contributed by atoms with E-state index in [2.05, 4.69) is 15.3 Å². The zero-order valence-electron chi connectivity index (χ0n) is 17.4. The summed E-state index contributed by atoms with van der Waals surface area (Å²) >= 11 is 3.28. The highest BCUT2D eigenvalue weighted by molar-refractivity contribution is 7.16. The van der Waals surface area contributed by atoms with Crippen LogP contribution < -0.4 is 10.5 Å². The van der Waals surface area contributed by atoms with E-state index in [9.17, 15) is 4.79 Å². The minimum atomic E-state index is -0.448. The molecule has 1 aromatic carbocycles. The number of rotatable bonds is 8. The molecule has 0 saturated heterocycles. The van der Waals surface area contributed by atoms with Crippen LogP contribution >= 0.6 is 22.7 Å². The molecule has 0 bridgehead atoms. The zero-order valence-corrected chi connectivity index (χ0v) is 19.0. The van der Waals surface area contributed by atoms with Crippen LogP contribution in [0.1, 0.15) is 45.5 Å². The Morgan fingerprint density at radius 1 is 1.24 bits per heavy atom. The van der Waals surface area contributed by atoms with Crippen LogP contribution in [0.15, 0.2) is 23.6 Å². The first-order valence-electron chi connectivity index (χ1n) is 9.38. The Hall–Kier alpha value is -2.29. The lowest BCUT2D eigenvalue weighted by Crippen LogP contribution is -2.13. The Bertz CT molecular complexity index is 1010. The van der Waals surface area contributed by atoms with Crippen LogP contribution in [0.3, 0.4) is 0 Å². The lowest BCUT2D eigenvalue weighted by atomic mass is 10.1. The van der Waals surface area contributed by atoms with E-state index < -0.39 is 5.91 Å². The van der Waals surface area contributed by atoms with E-state index >= 15 is 0 Å². The quantitative estimate of drug-likeness (QED) is 0.581. The van der Waals surface area contributed by atoms with Gasteiger partial charge >= 0.3 is 0 Å². The monoisotopic (exact) mass is 430 g/mol. The second kappa shape index (κ2) is 9.02. The van der Waals surface area contributed by atoms with Gasteiger partial charge in [-0.05, 0) is 53.1 Å². The van der Waals surface area contributed by atoms with E-state index in [1.165, 1.54) is 0 Å². The fraction of sp³-hybridized carbons (Fsp3) is 0.381. The third-order valence-electron chi connectivity index (χ3n) is 4.13. The topological polar surface area (TPSA) is 81.3 Å². The van der Waals surface area contributed by atoms with Gasteiger partial charge in [0.05, 0.1) is 27.4 Å². The van der Waals surface area contributed by atoms with Gasteiger partial charge in [0, 0.05) is 29.5 Å². The van der Waals surface area contributed by atoms with Gasteiger partial charge in [-0.3, -0.25) is 4.79 Å². The Balaban J connectivity index is 1.87. The third kappa shape index (κ3) is 5.41. The summed E-state index contributed by atoms with van der Waals surface area (Å²) in [4.78, 5) is 24.3. The van der Waals surface area contributed by atoms with Crippen molar-refractivity contribution >= 4 is 28.6 Å². The molecule has 3 rings (SSSR count). The van der Waals surface area contributed by atoms with Gasteiger partial charge in [-0.2, -0.15) is 0 Å². The molecule has 0 saturated carbocycles. The Kier molecular flexibility index (Phi) is 6.66. The number of thiazole rings is 2. The maximum Gasteiger partial charge on any atom is 0.248 e. The highest BCUT2D eigenvalue weighted by Crippen LogP contribution is 2.33. The van der Waals surface area contributed by atoms with Gasteiger partial charge < -0.3 is 15.4 Å². The molecule has 2 N–H and O–H groups in total. The summed E-state index contributed by atoms with van der Waals surface area (Å²) in [5.74, 6) is 0.305. The van der Waals surface area contributed by atoms with Crippen LogP contribution in [0.25, 0.3) is 10.6 Å². The van der Waals surface area contributed by atoms with Gasteiger partial charge in [0.1, 0.15) is 10.8 Å². The molecule has 2 heterocycles. The molecule has 154 valence electrons. The molecule has 0 radical (unpaired) electrons. The standard InChI is InChI=1S/C21H26N4O2S2/c1-12(2)27-17-7-6-14(21(22)26)8-15(17)9-18-24-16(11-28-18)20-13(3)23-19(29-20)10-25(4)5/h6-8,11-12H,9-10H2,1-5H3,(H2,22,26). The van der Waals surface area contributed by atoms with Crippen LogP contribution in [-0.2, 0) is 13.0 Å². The first-order chi connectivity index (χ1) is 13.7. The average Bonchev–Trinajstić information content (AvgIpc) is 3.21. The van der Waals surface area contributed by atoms with Gasteiger partial charge in [0.2, 0.25) is 5.91 Å². The molecule has 3 aromatic rings. The number of hydrogen-bond acceptors (Lipinski definition) is 7. The fourth-order valence-electron chi connectivity index (χ4n) is 2.93. The van der Waals surface area contributed by atoms with Crippen molar-refractivity contribution < 1.29 is 9.53 Å². The van der Waals surface area contributed by atoms with Crippen molar-refractivity contribution in [3.63, 3.8) is 0 Å². The molecule has 29 heavy (non-hydrogen) atoms. The van der Waals surface area contributed by atoms with Gasteiger partial charge in [-0.15, -0.1) is 22.7 Å². The van der Waals surface area contributed by atoms with Crippen molar-refractivity contribution in [3.8, 4) is 16.3 Å². The summed E-state index contributed by atoms with van der Waals surface area (Å²) < 4.78 is 5.92. The summed E-state index contributed by atoms with van der Waals surface area (Å²) in [7, 11) is 4.07. The largest absolute Gasteiger partial charge is 0.491 e. The minimum Gasteiger partial charge on any atom is -0.491 e. The summed E-state index contributed by atoms with van der Waals surface area (Å²) in [5.41, 5.74) is 8.79. The van der Waals surface area contributed by atoms with E-state index in [4.69, 9.17) is 15.5 Å². The number of primary amides is 1. The van der Waals surface area contributed by atoms with Crippen molar-refractivity contribution in [2.24, 2.45) is 5.73 Å². The van der Waals surface area contributed by atoms with Gasteiger partial charge in [0.15, 0.2) is 0 Å². The van der Waals surface area contributed by atoms with E-state index in [0.717, 1.165) is 44.1 Å². The van der Waals surface area contributed by atoms with Crippen LogP contribution in [0.4, 0.5) is 0 Å². The summed E-state index contributed by atoms with van der Waals surface area (Å²) in [6.45, 7) is 6.80. The predicted octanol–water partition coefficient (Wildman–Crippen LogP) is 4.11. The number of amides is 1. The number of benzene rings is 1. The van der Waals surface area contributed by atoms with Crippen molar-refractivity contribution in [2.45, 2.75) is 39.8 Å². The summed E-state index contributed by atoms with van der Waals surface area (Å²) in [6, 6.07) is 5.31. The first-order valence-corrected chi connectivity index (χ1v) is 11.1. The number of carbonyl (C=O) groups is 1. The number of aromatic nitrogens is 2. The maximum absolute atomic E-state index is 11.6. The van der Waals surface area contributed by atoms with Crippen molar-refractivity contribution in [3.05, 3.63) is 50.4 Å². The van der Waals surface area contributed by atoms with Crippen molar-refractivity contribution in [1.82, 2.24) is 14.9 Å². The predicted molar refractivity (Wildman–Crippen MR) is 119 cm³/mol. The third-order valence-corrected chi connectivity index (χ3v) is 6.14. The molecule has 0 aliphatic carbocycles. The van der Waals surface area contributed by atoms with Crippen LogP contribution in [0.5, 0.6) is 5.75 Å². The van der Waals surface area contributed by atoms with Gasteiger partial charge in [-0.25, -0.2) is 9.97 Å². The molecule has 0 fully saturated rings. The number of aryl methyl sites for hydroxylation is 1. The average molecular weight is 431 g/mol. The smallest absolute Gasteiger partial charge is 0.248 e. The number of nitrogens with zero attached hydrogens (tertiary/aromatic N) is 3. The van der Waals surface area contributed by atoms with Crippen molar-refractivity contribution in [1.29, 1.82) is 0 Å². The SMILES string of the molecule is Cc1nc(CN(C)C)sc1-c1csc(Cc2cc(C(N)=O)ccc2OC(C)C)n1. The number of hydrogen-bond donors (Lipinski definition) is 1. The minimum absolute atomic E-state index is 0.0370. The Morgan fingerprint density at radius 3 is 2.66 bits per heavy atom. The summed E-state index contributed by atoms with van der Waals surface area (Å²) in [5, 5.41) is 4.10. The highest BCUT2D eigenvalue weighted by atomic mass is 32.1. The van der Waals surface area contributed by atoms with Crippen molar-refractivity contribution in [2.75, 3.05) is 14.1 Å². The first kappa shape index (κ1) is 21.4. The van der Waals surface area contributed by atoms with Crippen LogP contribution in [-0.4, -0.2) is 41.0 Å². The second-order valence-corrected chi connectivity index (χ2v) is 9.44. The Morgan fingerprint density at radius 2 is 2.00 bits per heavy atom. The number of carbonyl (C=O) groups excluding carboxylic acids is 1. The second-order valence-electron chi connectivity index (χ2n) is 7.42. The highest BCUT2D eigenvalue weighted by Gasteiger charge is 2.16. The lowest BCUT2D eigenvalue weighted by Gasteiger charge is -2.14. The molecule has 0 aliphatic heterocycles. The fourth-order valence-corrected chi connectivity index (χ4v) is 4.95. The zero-order chi connectivity index (χ0) is 21.1. The summed E-state index contributed by atoms with van der Waals surface area (Å²) in [6.07, 6.45) is 0.617. The molecule has 0 atom stereocenters. The molecular weight excluding hydrogens is 404 g/mol. The Labute approximate surface area is 179 Å². The molecular formula is C21H26N4O2S2. The van der Waals surface area contributed by atoms with E-state index in [-0.39, 0.29) is 6.10 Å². The lowest BCUT2D eigenvalue weighted by molar-refractivity contribution is 0.1000. The van der Waals surface area contributed by atoms with Crippen LogP contribution in [0, 0.1) is 6.92 Å². The number of ether oxygens (including phenoxy) is 1. The van der Waals surface area contributed by atoms with Crippen LogP contribution in [0.2, 0.25) is 0 Å². The maximum atomic E-state index is 11.6. The molecule has 1 amide bonds. The molecule has 6 nitrogen and oxygen atoms in total. The van der Waals surface area contributed by atoms with Gasteiger partial charge in [0.25, 0.3) is 0 Å². The number of nitrogens with two attached hydrogens (primary N) is 1. The van der Waals surface area contributed by atoms with E-state index in [1.54, 1.807) is 34.8 Å². The molecule has 8 heteroatoms. The van der Waals surface area contributed by atoms with E-state index in [1.807, 2.05) is 40.9 Å².